The van der Waals surface area contributed by atoms with Crippen LogP contribution in [0.5, 0.6) is 0 Å². The number of rotatable bonds is 6. The summed E-state index contributed by atoms with van der Waals surface area (Å²) >= 11 is 0. The molecule has 0 spiro atoms. The second kappa shape index (κ2) is 13.4. The Balaban J connectivity index is 1.10. The van der Waals surface area contributed by atoms with Crippen LogP contribution in [0.2, 0.25) is 0 Å². The summed E-state index contributed by atoms with van der Waals surface area (Å²) < 4.78 is 8.92. The first-order chi connectivity index (χ1) is 29.3. The minimum Gasteiger partial charge on any atom is -0.455 e. The maximum Gasteiger partial charge on any atom is 0.143 e. The van der Waals surface area contributed by atoms with E-state index >= 15 is 0 Å². The number of para-hydroxylation sites is 6. The summed E-state index contributed by atoms with van der Waals surface area (Å²) in [7, 11) is 0. The van der Waals surface area contributed by atoms with Gasteiger partial charge in [-0.15, -0.1) is 0 Å². The van der Waals surface area contributed by atoms with E-state index in [2.05, 4.69) is 216 Å². The van der Waals surface area contributed by atoms with Crippen molar-refractivity contribution in [3.63, 3.8) is 0 Å². The van der Waals surface area contributed by atoms with Crippen molar-refractivity contribution in [2.45, 2.75) is 0 Å². The summed E-state index contributed by atoms with van der Waals surface area (Å²) in [5.74, 6) is 0. The van der Waals surface area contributed by atoms with E-state index in [4.69, 9.17) is 4.42 Å². The Labute approximate surface area is 341 Å². The van der Waals surface area contributed by atoms with E-state index in [0.717, 1.165) is 66.9 Å². The number of hydrogen-bond donors (Lipinski definition) is 0. The number of anilines is 3. The fourth-order valence-corrected chi connectivity index (χ4v) is 9.37. The number of aromatic nitrogens is 1. The van der Waals surface area contributed by atoms with Gasteiger partial charge in [0, 0.05) is 49.3 Å². The molecule has 0 amide bonds. The van der Waals surface area contributed by atoms with Crippen LogP contribution < -0.4 is 4.90 Å². The van der Waals surface area contributed by atoms with Gasteiger partial charge in [-0.05, 0) is 70.3 Å². The molecule has 2 heterocycles. The van der Waals surface area contributed by atoms with Crippen LogP contribution in [-0.4, -0.2) is 4.57 Å². The first-order valence-electron chi connectivity index (χ1n) is 20.2. The molecule has 12 aromatic rings. The molecule has 10 aromatic carbocycles. The monoisotopic (exact) mass is 752 g/mol. The smallest absolute Gasteiger partial charge is 0.143 e. The van der Waals surface area contributed by atoms with E-state index in [0.29, 0.717) is 0 Å². The summed E-state index contributed by atoms with van der Waals surface area (Å²) in [4.78, 5) is 2.46. The van der Waals surface area contributed by atoms with Crippen molar-refractivity contribution < 1.29 is 4.42 Å². The molecule has 0 aliphatic rings. The van der Waals surface area contributed by atoms with Crippen LogP contribution in [0.3, 0.4) is 0 Å². The quantitative estimate of drug-likeness (QED) is 0.158. The van der Waals surface area contributed by atoms with Gasteiger partial charge in [-0.2, -0.15) is 0 Å². The van der Waals surface area contributed by atoms with Crippen LogP contribution in [0.15, 0.2) is 223 Å². The fraction of sp³-hybridized carbons (Fsp3) is 0. The number of hydrogen-bond acceptors (Lipinski definition) is 2. The van der Waals surface area contributed by atoms with Gasteiger partial charge in [-0.3, -0.25) is 0 Å². The molecule has 59 heavy (non-hydrogen) atoms. The lowest BCUT2D eigenvalue weighted by Crippen LogP contribution is -2.12. The molecule has 2 aromatic heterocycles. The van der Waals surface area contributed by atoms with Crippen molar-refractivity contribution >= 4 is 82.4 Å². The largest absolute Gasteiger partial charge is 0.455 e. The molecule has 0 unspecified atom stereocenters. The molecule has 0 saturated carbocycles. The van der Waals surface area contributed by atoms with E-state index in [9.17, 15) is 0 Å². The third-order valence-corrected chi connectivity index (χ3v) is 12.0. The van der Waals surface area contributed by atoms with E-state index in [1.54, 1.807) is 0 Å². The van der Waals surface area contributed by atoms with Gasteiger partial charge in [0.1, 0.15) is 11.2 Å². The summed E-state index contributed by atoms with van der Waals surface area (Å²) in [5.41, 5.74) is 13.1. The van der Waals surface area contributed by atoms with E-state index in [1.807, 2.05) is 12.1 Å². The second-order valence-electron chi connectivity index (χ2n) is 15.2. The van der Waals surface area contributed by atoms with Gasteiger partial charge in [-0.25, -0.2) is 0 Å². The van der Waals surface area contributed by atoms with Crippen LogP contribution >= 0.6 is 0 Å². The van der Waals surface area contributed by atoms with Gasteiger partial charge in [0.15, 0.2) is 0 Å². The molecule has 0 N–H and O–H groups in total. The molecule has 0 bridgehead atoms. The van der Waals surface area contributed by atoms with Gasteiger partial charge >= 0.3 is 0 Å². The predicted octanol–water partition coefficient (Wildman–Crippen LogP) is 15.8. The van der Waals surface area contributed by atoms with Crippen molar-refractivity contribution in [2.75, 3.05) is 4.90 Å². The van der Waals surface area contributed by atoms with Crippen LogP contribution in [0, 0.1) is 0 Å². The molecule has 3 heteroatoms. The molecule has 0 saturated heterocycles. The number of fused-ring (bicyclic) bond motifs is 9. The van der Waals surface area contributed by atoms with Gasteiger partial charge in [0.2, 0.25) is 0 Å². The molecule has 0 atom stereocenters. The molecule has 0 aliphatic heterocycles. The lowest BCUT2D eigenvalue weighted by Gasteiger charge is -2.30. The zero-order chi connectivity index (χ0) is 38.9. The topological polar surface area (TPSA) is 21.3 Å². The molecule has 0 aliphatic carbocycles. The Hall–Kier alpha value is -7.88. The van der Waals surface area contributed by atoms with Crippen LogP contribution in [-0.2, 0) is 0 Å². The Morgan fingerprint density at radius 1 is 0.356 bits per heavy atom. The molecule has 0 radical (unpaired) electrons. The van der Waals surface area contributed by atoms with Gasteiger partial charge in [0.25, 0.3) is 0 Å². The fourth-order valence-electron chi connectivity index (χ4n) is 9.37. The second-order valence-corrected chi connectivity index (χ2v) is 15.2. The zero-order valence-electron chi connectivity index (χ0n) is 32.1. The van der Waals surface area contributed by atoms with Crippen molar-refractivity contribution in [3.05, 3.63) is 218 Å². The number of nitrogens with zero attached hydrogens (tertiary/aromatic N) is 2. The summed E-state index contributed by atoms with van der Waals surface area (Å²) in [6.07, 6.45) is 0. The number of furan rings is 1. The molecular formula is C56H36N2O. The van der Waals surface area contributed by atoms with Crippen LogP contribution in [0.25, 0.3) is 93.2 Å². The van der Waals surface area contributed by atoms with Crippen molar-refractivity contribution in [1.29, 1.82) is 0 Å². The summed E-state index contributed by atoms with van der Waals surface area (Å²) in [6.45, 7) is 0. The Morgan fingerprint density at radius 3 is 1.73 bits per heavy atom. The molecule has 12 rings (SSSR count). The molecule has 276 valence electrons. The minimum atomic E-state index is 0.902. The first-order valence-corrected chi connectivity index (χ1v) is 20.2. The SMILES string of the molecule is c1ccc(N(c2ccc(-c3cccc4c3oc3ccccc34)cc2)c2cccc3ccc4ccccc4c23)c(-c2ccccc2-n2c3ccccc3c3ccccc32)c1. The van der Waals surface area contributed by atoms with Crippen LogP contribution in [0.1, 0.15) is 0 Å². The Bertz CT molecular complexity index is 3520. The molecular weight excluding hydrogens is 717 g/mol. The van der Waals surface area contributed by atoms with Crippen molar-refractivity contribution in [3.8, 4) is 27.9 Å². The zero-order valence-corrected chi connectivity index (χ0v) is 32.1. The van der Waals surface area contributed by atoms with E-state index in [1.165, 1.54) is 43.4 Å². The van der Waals surface area contributed by atoms with Gasteiger partial charge < -0.3 is 13.9 Å². The average molecular weight is 753 g/mol. The summed E-state index contributed by atoms with van der Waals surface area (Å²) in [6, 6.07) is 78.8. The summed E-state index contributed by atoms with van der Waals surface area (Å²) in [5, 5.41) is 9.60. The maximum atomic E-state index is 6.49. The van der Waals surface area contributed by atoms with Crippen molar-refractivity contribution in [1.82, 2.24) is 4.57 Å². The highest BCUT2D eigenvalue weighted by molar-refractivity contribution is 6.16. The molecule has 3 nitrogen and oxygen atoms in total. The minimum absolute atomic E-state index is 0.902. The highest BCUT2D eigenvalue weighted by Gasteiger charge is 2.23. The third kappa shape index (κ3) is 5.22. The number of benzene rings is 10. The Morgan fingerprint density at radius 2 is 0.915 bits per heavy atom. The van der Waals surface area contributed by atoms with E-state index < -0.39 is 0 Å². The average Bonchev–Trinajstić information content (AvgIpc) is 3.86. The normalized spacial score (nSPS) is 11.7. The molecule has 0 fully saturated rings. The first kappa shape index (κ1) is 33.3. The predicted molar refractivity (Wildman–Crippen MR) is 249 cm³/mol. The van der Waals surface area contributed by atoms with Crippen LogP contribution in [0.4, 0.5) is 17.1 Å². The maximum absolute atomic E-state index is 6.49. The van der Waals surface area contributed by atoms with Gasteiger partial charge in [-0.1, -0.05) is 170 Å². The third-order valence-electron chi connectivity index (χ3n) is 12.0. The van der Waals surface area contributed by atoms with E-state index in [-0.39, 0.29) is 0 Å². The van der Waals surface area contributed by atoms with Crippen molar-refractivity contribution in [2.24, 2.45) is 0 Å². The highest BCUT2D eigenvalue weighted by atomic mass is 16.3. The standard InChI is InChI=1S/C56H36N2O/c1-2-17-41-37(15-1)31-32-39-16-13-29-53(55(39)41)57(40-35-33-38(34-36-40)42-23-14-24-48-47-22-7-12-30-54(47)59-56(42)48)49-25-8-3-18-43(49)44-19-4-9-26-50(44)58-51-27-10-5-20-45(51)46-21-6-11-28-52(46)58/h1-36H. The lowest BCUT2D eigenvalue weighted by atomic mass is 9.96. The Kier molecular flexibility index (Phi) is 7.54. The lowest BCUT2D eigenvalue weighted by molar-refractivity contribution is 0.670. The van der Waals surface area contributed by atoms with Gasteiger partial charge in [0.05, 0.1) is 28.1 Å². The highest BCUT2D eigenvalue weighted by Crippen LogP contribution is 2.47.